The molecule has 1 N–H and O–H groups in total. The number of halogens is 1. The first-order valence-corrected chi connectivity index (χ1v) is 7.41. The molecule has 3 aromatic rings. The van der Waals surface area contributed by atoms with Crippen LogP contribution in [0.5, 0.6) is 0 Å². The largest absolute Gasteiger partial charge is 0.339 e. The van der Waals surface area contributed by atoms with Crippen LogP contribution >= 0.6 is 0 Å². The molecule has 0 fully saturated rings. The summed E-state index contributed by atoms with van der Waals surface area (Å²) < 4.78 is 18.6. The zero-order chi connectivity index (χ0) is 16.9. The summed E-state index contributed by atoms with van der Waals surface area (Å²) in [4.78, 5) is 20.2. The van der Waals surface area contributed by atoms with Crippen molar-refractivity contribution in [3.8, 4) is 11.4 Å². The van der Waals surface area contributed by atoms with E-state index in [0.29, 0.717) is 29.4 Å². The van der Waals surface area contributed by atoms with Crippen molar-refractivity contribution in [3.05, 3.63) is 60.0 Å². The van der Waals surface area contributed by atoms with Crippen LogP contribution < -0.4 is 5.32 Å². The smallest absolute Gasteiger partial charge is 0.227 e. The predicted molar refractivity (Wildman–Crippen MR) is 85.6 cm³/mol. The Morgan fingerprint density at radius 3 is 2.96 bits per heavy atom. The van der Waals surface area contributed by atoms with E-state index < -0.39 is 0 Å². The summed E-state index contributed by atoms with van der Waals surface area (Å²) in [6, 6.07) is 8.16. The molecule has 1 amide bonds. The van der Waals surface area contributed by atoms with E-state index in [1.54, 1.807) is 37.5 Å². The van der Waals surface area contributed by atoms with E-state index in [1.165, 1.54) is 6.07 Å². The van der Waals surface area contributed by atoms with Crippen LogP contribution in [-0.4, -0.2) is 21.0 Å². The molecule has 0 bridgehead atoms. The molecule has 0 saturated heterocycles. The van der Waals surface area contributed by atoms with E-state index in [4.69, 9.17) is 4.52 Å². The lowest BCUT2D eigenvalue weighted by Crippen LogP contribution is -2.13. The van der Waals surface area contributed by atoms with Crippen molar-refractivity contribution in [1.29, 1.82) is 0 Å². The van der Waals surface area contributed by atoms with Gasteiger partial charge in [0.05, 0.1) is 0 Å². The number of nitrogens with zero attached hydrogens (tertiary/aromatic N) is 3. The molecule has 122 valence electrons. The molecule has 3 rings (SSSR count). The number of anilines is 1. The third-order valence-corrected chi connectivity index (χ3v) is 3.50. The minimum absolute atomic E-state index is 0.157. The number of aromatic nitrogens is 3. The molecule has 7 heteroatoms. The number of benzene rings is 1. The van der Waals surface area contributed by atoms with Gasteiger partial charge in [-0.3, -0.25) is 9.78 Å². The molecule has 0 radical (unpaired) electrons. The Bertz CT molecular complexity index is 849. The molecule has 0 saturated carbocycles. The predicted octanol–water partition coefficient (Wildman–Crippen LogP) is 3.15. The molecule has 0 aliphatic heterocycles. The van der Waals surface area contributed by atoms with Gasteiger partial charge in [0.25, 0.3) is 0 Å². The first-order chi connectivity index (χ1) is 11.6. The third kappa shape index (κ3) is 3.62. The van der Waals surface area contributed by atoms with Crippen LogP contribution in [0.25, 0.3) is 11.4 Å². The molecule has 2 heterocycles. The van der Waals surface area contributed by atoms with E-state index in [-0.39, 0.29) is 18.1 Å². The second-order valence-electron chi connectivity index (χ2n) is 5.21. The Balaban J connectivity index is 1.59. The maximum absolute atomic E-state index is 13.5. The summed E-state index contributed by atoms with van der Waals surface area (Å²) in [5, 5.41) is 6.55. The summed E-state index contributed by atoms with van der Waals surface area (Å²) in [7, 11) is 0. The molecule has 24 heavy (non-hydrogen) atoms. The number of aryl methyl sites for hydroxylation is 1. The minimum Gasteiger partial charge on any atom is -0.339 e. The third-order valence-electron chi connectivity index (χ3n) is 3.50. The SMILES string of the molecule is Cc1c(F)cccc1NC(=O)CCc1nc(-c2cccnc2)no1. The zero-order valence-corrected chi connectivity index (χ0v) is 13.0. The quantitative estimate of drug-likeness (QED) is 0.779. The molecule has 0 unspecified atom stereocenters. The molecule has 6 nitrogen and oxygen atoms in total. The van der Waals surface area contributed by atoms with Gasteiger partial charge >= 0.3 is 0 Å². The summed E-state index contributed by atoms with van der Waals surface area (Å²) in [5.74, 6) is 0.190. The number of pyridine rings is 1. The Hall–Kier alpha value is -3.09. The fourth-order valence-electron chi connectivity index (χ4n) is 2.14. The number of hydrogen-bond donors (Lipinski definition) is 1. The van der Waals surface area contributed by atoms with Crippen molar-refractivity contribution in [1.82, 2.24) is 15.1 Å². The molecule has 0 aliphatic rings. The van der Waals surface area contributed by atoms with Gasteiger partial charge in [-0.1, -0.05) is 11.2 Å². The number of rotatable bonds is 5. The van der Waals surface area contributed by atoms with E-state index in [2.05, 4.69) is 20.4 Å². The minimum atomic E-state index is -0.356. The summed E-state index contributed by atoms with van der Waals surface area (Å²) in [5.41, 5.74) is 1.61. The van der Waals surface area contributed by atoms with Crippen molar-refractivity contribution < 1.29 is 13.7 Å². The molecular formula is C17H15FN4O2. The Kier molecular flexibility index (Phi) is 4.60. The van der Waals surface area contributed by atoms with E-state index in [0.717, 1.165) is 5.56 Å². The Labute approximate surface area is 137 Å². The maximum Gasteiger partial charge on any atom is 0.227 e. The Morgan fingerprint density at radius 2 is 2.17 bits per heavy atom. The van der Waals surface area contributed by atoms with Gasteiger partial charge < -0.3 is 9.84 Å². The van der Waals surface area contributed by atoms with Gasteiger partial charge in [0, 0.05) is 42.0 Å². The Morgan fingerprint density at radius 1 is 1.29 bits per heavy atom. The van der Waals surface area contributed by atoms with Crippen LogP contribution in [0.3, 0.4) is 0 Å². The molecule has 1 aromatic carbocycles. The zero-order valence-electron chi connectivity index (χ0n) is 13.0. The first kappa shape index (κ1) is 15.8. The maximum atomic E-state index is 13.5. The van der Waals surface area contributed by atoms with Crippen molar-refractivity contribution in [2.24, 2.45) is 0 Å². The van der Waals surface area contributed by atoms with Crippen molar-refractivity contribution in [2.45, 2.75) is 19.8 Å². The van der Waals surface area contributed by atoms with Crippen LogP contribution in [0.4, 0.5) is 10.1 Å². The molecule has 0 spiro atoms. The number of amides is 1. The monoisotopic (exact) mass is 326 g/mol. The highest BCUT2D eigenvalue weighted by Crippen LogP contribution is 2.18. The summed E-state index contributed by atoms with van der Waals surface area (Å²) in [6.45, 7) is 1.61. The van der Waals surface area contributed by atoms with Crippen molar-refractivity contribution in [2.75, 3.05) is 5.32 Å². The fraction of sp³-hybridized carbons (Fsp3) is 0.176. The van der Waals surface area contributed by atoms with Crippen LogP contribution in [0.15, 0.2) is 47.2 Å². The topological polar surface area (TPSA) is 80.9 Å². The lowest BCUT2D eigenvalue weighted by atomic mass is 10.2. The van der Waals surface area contributed by atoms with E-state index in [1.807, 2.05) is 6.07 Å². The van der Waals surface area contributed by atoms with E-state index >= 15 is 0 Å². The average Bonchev–Trinajstić information content (AvgIpc) is 3.07. The number of carbonyl (C=O) groups is 1. The highest BCUT2D eigenvalue weighted by atomic mass is 19.1. The number of carbonyl (C=O) groups excluding carboxylic acids is 1. The first-order valence-electron chi connectivity index (χ1n) is 7.41. The highest BCUT2D eigenvalue weighted by molar-refractivity contribution is 5.91. The van der Waals surface area contributed by atoms with Gasteiger partial charge in [-0.2, -0.15) is 4.98 Å². The number of hydrogen-bond acceptors (Lipinski definition) is 5. The second-order valence-corrected chi connectivity index (χ2v) is 5.21. The van der Waals surface area contributed by atoms with Gasteiger partial charge in [0.2, 0.25) is 17.6 Å². The van der Waals surface area contributed by atoms with Gasteiger partial charge in [-0.15, -0.1) is 0 Å². The van der Waals surface area contributed by atoms with Gasteiger partial charge in [-0.25, -0.2) is 4.39 Å². The van der Waals surface area contributed by atoms with E-state index in [9.17, 15) is 9.18 Å². The second kappa shape index (κ2) is 6.99. The molecular weight excluding hydrogens is 311 g/mol. The highest BCUT2D eigenvalue weighted by Gasteiger charge is 2.12. The number of nitrogens with one attached hydrogen (secondary N) is 1. The molecule has 0 atom stereocenters. The van der Waals surface area contributed by atoms with Crippen LogP contribution in [0.1, 0.15) is 17.9 Å². The lowest BCUT2D eigenvalue weighted by molar-refractivity contribution is -0.116. The standard InChI is InChI=1S/C17H15FN4O2/c1-11-13(18)5-2-6-14(11)20-15(23)7-8-16-21-17(22-24-16)12-4-3-9-19-10-12/h2-6,9-10H,7-8H2,1H3,(H,20,23). The average molecular weight is 326 g/mol. The molecule has 0 aliphatic carbocycles. The van der Waals surface area contributed by atoms with Crippen LogP contribution in [-0.2, 0) is 11.2 Å². The van der Waals surface area contributed by atoms with Crippen LogP contribution in [0, 0.1) is 12.7 Å². The fourth-order valence-corrected chi connectivity index (χ4v) is 2.14. The van der Waals surface area contributed by atoms with Crippen LogP contribution in [0.2, 0.25) is 0 Å². The van der Waals surface area contributed by atoms with Crippen molar-refractivity contribution >= 4 is 11.6 Å². The van der Waals surface area contributed by atoms with Crippen molar-refractivity contribution in [3.63, 3.8) is 0 Å². The van der Waals surface area contributed by atoms with Gasteiger partial charge in [0.15, 0.2) is 0 Å². The summed E-state index contributed by atoms with van der Waals surface area (Å²) >= 11 is 0. The summed E-state index contributed by atoms with van der Waals surface area (Å²) in [6.07, 6.45) is 3.75. The normalized spacial score (nSPS) is 10.6. The molecule has 2 aromatic heterocycles. The van der Waals surface area contributed by atoms with Gasteiger partial charge in [0.1, 0.15) is 5.82 Å². The lowest BCUT2D eigenvalue weighted by Gasteiger charge is -2.08. The van der Waals surface area contributed by atoms with Gasteiger partial charge in [-0.05, 0) is 31.2 Å².